The second-order valence-electron chi connectivity index (χ2n) is 7.98. The Morgan fingerprint density at radius 2 is 2.19 bits per heavy atom. The third-order valence-electron chi connectivity index (χ3n) is 5.54. The molecule has 1 fully saturated rings. The number of rotatable bonds is 8. The Kier molecular flexibility index (Phi) is 5.55. The highest BCUT2D eigenvalue weighted by atomic mass is 16.5. The summed E-state index contributed by atoms with van der Waals surface area (Å²) in [6.07, 6.45) is 13.8. The number of allylic oxidation sites excluding steroid dienone is 1. The maximum atomic E-state index is 6.39. The van der Waals surface area contributed by atoms with Crippen molar-refractivity contribution in [1.29, 1.82) is 0 Å². The number of H-pyrrole nitrogens is 1. The van der Waals surface area contributed by atoms with Crippen molar-refractivity contribution in [1.82, 2.24) is 35.0 Å². The molecule has 4 heterocycles. The SMILES string of the molecule is CNCC=CC1CC(Oc2nc(Nc3cnn(C)c3)nc3[nH]cc(-c4ccccn4)c23)C1. The minimum absolute atomic E-state index is 0.120. The summed E-state index contributed by atoms with van der Waals surface area (Å²) in [6.45, 7) is 0.884. The summed E-state index contributed by atoms with van der Waals surface area (Å²) in [5.41, 5.74) is 3.29. The Bertz CT molecular complexity index is 1220. The van der Waals surface area contributed by atoms with E-state index in [4.69, 9.17) is 9.72 Å². The van der Waals surface area contributed by atoms with Gasteiger partial charge in [-0.05, 0) is 37.9 Å². The van der Waals surface area contributed by atoms with E-state index in [1.807, 2.05) is 44.7 Å². The molecule has 1 aliphatic carbocycles. The van der Waals surface area contributed by atoms with Crippen LogP contribution in [0.3, 0.4) is 0 Å². The lowest BCUT2D eigenvalue weighted by Crippen LogP contribution is -2.33. The summed E-state index contributed by atoms with van der Waals surface area (Å²) >= 11 is 0. The fourth-order valence-corrected chi connectivity index (χ4v) is 3.88. The number of nitrogens with one attached hydrogen (secondary N) is 3. The van der Waals surface area contributed by atoms with Crippen LogP contribution in [-0.4, -0.2) is 49.4 Å². The number of fused-ring (bicyclic) bond motifs is 1. The van der Waals surface area contributed by atoms with Gasteiger partial charge in [0.25, 0.3) is 0 Å². The van der Waals surface area contributed by atoms with E-state index in [-0.39, 0.29) is 6.10 Å². The van der Waals surface area contributed by atoms with Gasteiger partial charge in [0.1, 0.15) is 11.8 Å². The first kappa shape index (κ1) is 20.2. The molecular weight excluding hydrogens is 404 g/mol. The molecule has 4 aromatic rings. The van der Waals surface area contributed by atoms with E-state index in [0.717, 1.165) is 41.7 Å². The number of likely N-dealkylation sites (N-methyl/N-ethyl adjacent to an activating group) is 1. The Labute approximate surface area is 186 Å². The summed E-state index contributed by atoms with van der Waals surface area (Å²) < 4.78 is 8.12. The lowest BCUT2D eigenvalue weighted by molar-refractivity contribution is 0.0833. The summed E-state index contributed by atoms with van der Waals surface area (Å²) in [6, 6.07) is 5.84. The van der Waals surface area contributed by atoms with E-state index in [1.54, 1.807) is 17.1 Å². The molecular formula is C23H26N8O. The van der Waals surface area contributed by atoms with Crippen LogP contribution in [0.2, 0.25) is 0 Å². The molecule has 164 valence electrons. The summed E-state index contributed by atoms with van der Waals surface area (Å²) in [4.78, 5) is 17.2. The van der Waals surface area contributed by atoms with Gasteiger partial charge in [-0.1, -0.05) is 18.2 Å². The van der Waals surface area contributed by atoms with Gasteiger partial charge in [-0.15, -0.1) is 0 Å². The van der Waals surface area contributed by atoms with E-state index in [0.29, 0.717) is 23.4 Å². The van der Waals surface area contributed by atoms with Crippen molar-refractivity contribution >= 4 is 22.7 Å². The predicted octanol–water partition coefficient (Wildman–Crippen LogP) is 3.43. The average Bonchev–Trinajstić information content (AvgIpc) is 3.38. The van der Waals surface area contributed by atoms with Crippen LogP contribution < -0.4 is 15.4 Å². The molecule has 0 radical (unpaired) electrons. The zero-order valence-electron chi connectivity index (χ0n) is 18.1. The smallest absolute Gasteiger partial charge is 0.232 e. The molecule has 9 heteroatoms. The van der Waals surface area contributed by atoms with Crippen molar-refractivity contribution in [2.24, 2.45) is 13.0 Å². The number of anilines is 2. The van der Waals surface area contributed by atoms with Crippen molar-refractivity contribution < 1.29 is 4.74 Å². The number of pyridine rings is 1. The minimum atomic E-state index is 0.120. The molecule has 0 aliphatic heterocycles. The van der Waals surface area contributed by atoms with Crippen LogP contribution in [-0.2, 0) is 7.05 Å². The van der Waals surface area contributed by atoms with Crippen LogP contribution in [0.1, 0.15) is 12.8 Å². The molecule has 0 saturated heterocycles. The fourth-order valence-electron chi connectivity index (χ4n) is 3.88. The number of aromatic amines is 1. The quantitative estimate of drug-likeness (QED) is 0.368. The third-order valence-corrected chi connectivity index (χ3v) is 5.54. The van der Waals surface area contributed by atoms with Gasteiger partial charge >= 0.3 is 0 Å². The predicted molar refractivity (Wildman–Crippen MR) is 124 cm³/mol. The van der Waals surface area contributed by atoms with E-state index in [2.05, 4.69) is 42.8 Å². The minimum Gasteiger partial charge on any atom is -0.474 e. The number of ether oxygens (including phenoxy) is 1. The molecule has 4 aromatic heterocycles. The number of hydrogen-bond donors (Lipinski definition) is 3. The highest BCUT2D eigenvalue weighted by molar-refractivity contribution is 5.97. The fraction of sp³-hybridized carbons (Fsp3) is 0.304. The number of nitrogens with zero attached hydrogens (tertiary/aromatic N) is 5. The average molecular weight is 431 g/mol. The number of aryl methyl sites for hydroxylation is 1. The number of aromatic nitrogens is 6. The molecule has 5 rings (SSSR count). The summed E-state index contributed by atoms with van der Waals surface area (Å²) in [7, 11) is 3.82. The van der Waals surface area contributed by atoms with Crippen molar-refractivity contribution in [2.45, 2.75) is 18.9 Å². The van der Waals surface area contributed by atoms with Crippen LogP contribution in [0.4, 0.5) is 11.6 Å². The van der Waals surface area contributed by atoms with Gasteiger partial charge < -0.3 is 20.4 Å². The van der Waals surface area contributed by atoms with E-state index >= 15 is 0 Å². The Hall–Kier alpha value is -3.72. The van der Waals surface area contributed by atoms with Crippen LogP contribution in [0.25, 0.3) is 22.3 Å². The van der Waals surface area contributed by atoms with Crippen LogP contribution >= 0.6 is 0 Å². The molecule has 0 amide bonds. The Morgan fingerprint density at radius 1 is 1.28 bits per heavy atom. The lowest BCUT2D eigenvalue weighted by Gasteiger charge is -2.33. The first-order valence-corrected chi connectivity index (χ1v) is 10.7. The van der Waals surface area contributed by atoms with E-state index < -0.39 is 0 Å². The van der Waals surface area contributed by atoms with E-state index in [9.17, 15) is 0 Å². The Balaban J connectivity index is 1.45. The largest absolute Gasteiger partial charge is 0.474 e. The zero-order chi connectivity index (χ0) is 21.9. The standard InChI is InChI=1S/C23H26N8O/c1-24-8-5-6-15-10-17(11-15)32-22-20-18(19-7-3-4-9-25-19)13-26-21(20)29-23(30-22)28-16-12-27-31(2)14-16/h3-7,9,12-15,17,24H,8,10-11H2,1-2H3,(H2,26,28,29,30). The van der Waals surface area contributed by atoms with Gasteiger partial charge in [0.05, 0.1) is 23.0 Å². The second kappa shape index (κ2) is 8.80. The molecule has 9 nitrogen and oxygen atoms in total. The second-order valence-corrected chi connectivity index (χ2v) is 7.98. The highest BCUT2D eigenvalue weighted by Gasteiger charge is 2.30. The van der Waals surface area contributed by atoms with Crippen molar-refractivity contribution in [3.63, 3.8) is 0 Å². The van der Waals surface area contributed by atoms with Gasteiger partial charge in [0, 0.05) is 37.7 Å². The van der Waals surface area contributed by atoms with Crippen LogP contribution in [0.15, 0.2) is 55.1 Å². The first-order valence-electron chi connectivity index (χ1n) is 10.7. The molecule has 3 N–H and O–H groups in total. The first-order chi connectivity index (χ1) is 15.7. The third kappa shape index (κ3) is 4.19. The summed E-state index contributed by atoms with van der Waals surface area (Å²) in [5, 5.41) is 11.4. The van der Waals surface area contributed by atoms with Gasteiger partial charge in [-0.25, -0.2) is 0 Å². The molecule has 1 saturated carbocycles. The molecule has 0 atom stereocenters. The van der Waals surface area contributed by atoms with Gasteiger partial charge in [-0.2, -0.15) is 15.1 Å². The van der Waals surface area contributed by atoms with Gasteiger partial charge in [0.15, 0.2) is 0 Å². The topological polar surface area (TPSA) is 106 Å². The normalized spacial score (nSPS) is 18.2. The van der Waals surface area contributed by atoms with Crippen LogP contribution in [0.5, 0.6) is 5.88 Å². The van der Waals surface area contributed by atoms with Gasteiger partial charge in [-0.3, -0.25) is 9.67 Å². The van der Waals surface area contributed by atoms with Gasteiger partial charge in [0.2, 0.25) is 11.8 Å². The molecule has 0 bridgehead atoms. The Morgan fingerprint density at radius 3 is 2.94 bits per heavy atom. The lowest BCUT2D eigenvalue weighted by atomic mass is 9.82. The molecule has 0 unspecified atom stereocenters. The molecule has 1 aliphatic rings. The molecule has 0 aromatic carbocycles. The van der Waals surface area contributed by atoms with Crippen molar-refractivity contribution in [3.05, 3.63) is 55.1 Å². The maximum Gasteiger partial charge on any atom is 0.232 e. The van der Waals surface area contributed by atoms with Crippen LogP contribution in [0, 0.1) is 5.92 Å². The monoisotopic (exact) mass is 430 g/mol. The zero-order valence-corrected chi connectivity index (χ0v) is 18.1. The number of hydrogen-bond acceptors (Lipinski definition) is 7. The summed E-state index contributed by atoms with van der Waals surface area (Å²) in [5.74, 6) is 1.56. The highest BCUT2D eigenvalue weighted by Crippen LogP contribution is 2.38. The maximum absolute atomic E-state index is 6.39. The molecule has 32 heavy (non-hydrogen) atoms. The van der Waals surface area contributed by atoms with Crippen molar-refractivity contribution in [3.8, 4) is 17.1 Å². The van der Waals surface area contributed by atoms with E-state index in [1.165, 1.54) is 0 Å². The van der Waals surface area contributed by atoms with Crippen molar-refractivity contribution in [2.75, 3.05) is 18.9 Å². The molecule has 0 spiro atoms.